The molecule has 0 aromatic carbocycles. The molecule has 0 aromatic heterocycles. The third-order valence-corrected chi connectivity index (χ3v) is 0. The molecule has 1 atom stereocenters. The van der Waals surface area contributed by atoms with E-state index in [0.29, 0.717) is 0 Å². The lowest BCUT2D eigenvalue weighted by Crippen LogP contribution is -2.26. The Morgan fingerprint density at radius 1 is 1.50 bits per heavy atom. The molecule has 0 spiro atoms. The Kier molecular flexibility index (Phi) is 1.74. The van der Waals surface area contributed by atoms with Crippen LogP contribution in [0.3, 0.4) is 0 Å². The monoisotopic (exact) mass is 79.0 g/mol. The van der Waals surface area contributed by atoms with E-state index in [9.17, 15) is 0 Å². The Morgan fingerprint density at radius 3 is 1.50 bits per heavy atom. The fourth-order valence-corrected chi connectivity index (χ4v) is 0. The van der Waals surface area contributed by atoms with E-state index in [1.807, 2.05) is 9.39 Å². The van der Waals surface area contributed by atoms with Crippen LogP contribution in [-0.4, -0.2) is 4.89 Å². The molecule has 0 aliphatic carbocycles. The lowest BCUT2D eigenvalue weighted by molar-refractivity contribution is 0.529. The van der Waals surface area contributed by atoms with Gasteiger partial charge in [-0.3, -0.25) is 11.7 Å². The summed E-state index contributed by atoms with van der Waals surface area (Å²) in [6.07, 6.45) is 0. The Bertz CT molecular complexity index is 8.00. The second-order valence-electron chi connectivity index (χ2n) is 0.447. The topological polar surface area (TPSA) is 55.3 Å². The molecular formula is H6N3P. The maximum Gasteiger partial charge on any atom is -0.0306 e. The maximum absolute atomic E-state index is 4.69. The number of hydrogen-bond acceptors (Lipinski definition) is 3. The molecule has 4 heteroatoms. The highest BCUT2D eigenvalue weighted by molar-refractivity contribution is 7.13. The summed E-state index contributed by atoms with van der Waals surface area (Å²) in [6, 6.07) is 0. The van der Waals surface area contributed by atoms with Crippen molar-refractivity contribution in [1.29, 1.82) is 0 Å². The van der Waals surface area contributed by atoms with Gasteiger partial charge in [0.15, 0.2) is 0 Å². The van der Waals surface area contributed by atoms with Crippen molar-refractivity contribution in [2.75, 3.05) is 0 Å². The third kappa shape index (κ3) is 41.3. The van der Waals surface area contributed by atoms with Crippen LogP contribution in [0.25, 0.3) is 0 Å². The van der Waals surface area contributed by atoms with Crippen LogP contribution in [0.1, 0.15) is 0 Å². The summed E-state index contributed by atoms with van der Waals surface area (Å²) < 4.78 is 0. The van der Waals surface area contributed by atoms with Gasteiger partial charge < -0.3 is 0 Å². The first kappa shape index (κ1) is 4.31. The van der Waals surface area contributed by atoms with Crippen LogP contribution in [0, 0.1) is 0 Å². The lowest BCUT2D eigenvalue weighted by Gasteiger charge is -1.91. The molecule has 0 aromatic rings. The van der Waals surface area contributed by atoms with Crippen LogP contribution >= 0.6 is 9.39 Å². The number of hydrogen-bond donors (Lipinski definition) is 2. The van der Waals surface area contributed by atoms with E-state index in [-0.39, 0.29) is 0 Å². The summed E-state index contributed by atoms with van der Waals surface area (Å²) in [5, 5.41) is 0. The second kappa shape index (κ2) is 1.61. The van der Waals surface area contributed by atoms with E-state index in [0.717, 1.165) is 4.89 Å². The minimum Gasteiger partial charge on any atom is -0.252 e. The molecule has 0 amide bonds. The number of rotatable bonds is 0. The molecule has 0 radical (unpaired) electrons. The highest BCUT2D eigenvalue weighted by Gasteiger charge is 1.56. The Labute approximate surface area is 27.1 Å². The number of nitrogens with two attached hydrogens (primary N) is 2. The van der Waals surface area contributed by atoms with E-state index in [1.54, 1.807) is 0 Å². The van der Waals surface area contributed by atoms with Crippen molar-refractivity contribution in [1.82, 2.24) is 4.89 Å². The predicted molar refractivity (Wildman–Crippen MR) is 19.9 cm³/mol. The van der Waals surface area contributed by atoms with Gasteiger partial charge in [-0.1, -0.05) is 0 Å². The fraction of sp³-hybridized carbons (Fsp3) is 0. The first-order chi connectivity index (χ1) is 1.73. The summed E-state index contributed by atoms with van der Waals surface area (Å²) >= 11 is 0. The lowest BCUT2D eigenvalue weighted by atomic mass is 12.6. The first-order valence-corrected chi connectivity index (χ1v) is 1.29. The van der Waals surface area contributed by atoms with E-state index >= 15 is 0 Å². The van der Waals surface area contributed by atoms with Crippen LogP contribution < -0.4 is 11.7 Å². The number of nitrogens with zero attached hydrogens (tertiary/aromatic N) is 1. The zero-order valence-electron chi connectivity index (χ0n) is 2.18. The van der Waals surface area contributed by atoms with Crippen molar-refractivity contribution in [2.24, 2.45) is 11.7 Å². The molecule has 4 N–H and O–H groups in total. The van der Waals surface area contributed by atoms with Gasteiger partial charge in [-0.25, -0.2) is 0 Å². The van der Waals surface area contributed by atoms with E-state index in [2.05, 4.69) is 11.7 Å². The largest absolute Gasteiger partial charge is 0.252 e. The van der Waals surface area contributed by atoms with Gasteiger partial charge in [-0.2, -0.15) is 4.89 Å². The highest BCUT2D eigenvalue weighted by Crippen LogP contribution is 1.67. The van der Waals surface area contributed by atoms with Crippen molar-refractivity contribution in [2.45, 2.75) is 0 Å². The quantitative estimate of drug-likeness (QED) is 0.218. The predicted octanol–water partition coefficient (Wildman–Crippen LogP) is -1.17. The minimum absolute atomic E-state index is 0.917. The molecule has 0 saturated heterocycles. The van der Waals surface area contributed by atoms with Gasteiger partial charge in [0.1, 0.15) is 0 Å². The molecule has 0 saturated carbocycles. The SMILES string of the molecule is NN(N)P. The molecule has 0 rings (SSSR count). The fourth-order valence-electron chi connectivity index (χ4n) is 0. The van der Waals surface area contributed by atoms with Crippen LogP contribution in [0.2, 0.25) is 0 Å². The molecule has 26 valence electrons. The smallest absolute Gasteiger partial charge is 0.0306 e. The molecule has 0 aliphatic rings. The Hall–Kier alpha value is 0.310. The average molecular weight is 79.0 g/mol. The first-order valence-electron chi connectivity index (χ1n) is 0.775. The van der Waals surface area contributed by atoms with Crippen LogP contribution in [0.15, 0.2) is 0 Å². The average Bonchev–Trinajstić information content (AvgIpc) is 0.811. The van der Waals surface area contributed by atoms with E-state index in [1.165, 1.54) is 0 Å². The molecule has 0 heterocycles. The second-order valence-corrected chi connectivity index (χ2v) is 1.04. The molecule has 4 heavy (non-hydrogen) atoms. The van der Waals surface area contributed by atoms with Crippen LogP contribution in [0.4, 0.5) is 0 Å². The van der Waals surface area contributed by atoms with Gasteiger partial charge in [0, 0.05) is 0 Å². The summed E-state index contributed by atoms with van der Waals surface area (Å²) in [6.45, 7) is 0. The Morgan fingerprint density at radius 2 is 1.50 bits per heavy atom. The van der Waals surface area contributed by atoms with Crippen LogP contribution in [-0.2, 0) is 0 Å². The summed E-state index contributed by atoms with van der Waals surface area (Å²) in [7, 11) is 2.05. The van der Waals surface area contributed by atoms with Crippen molar-refractivity contribution in [3.63, 3.8) is 0 Å². The van der Waals surface area contributed by atoms with Crippen LogP contribution in [0.5, 0.6) is 0 Å². The molecule has 1 unspecified atom stereocenters. The van der Waals surface area contributed by atoms with Gasteiger partial charge >= 0.3 is 0 Å². The highest BCUT2D eigenvalue weighted by atomic mass is 31.0. The number of hydrazine groups is 2. The molecular weight excluding hydrogens is 73.0 g/mol. The van der Waals surface area contributed by atoms with Gasteiger partial charge in [-0.05, 0) is 9.39 Å². The summed E-state index contributed by atoms with van der Waals surface area (Å²) in [5.74, 6) is 9.37. The van der Waals surface area contributed by atoms with Gasteiger partial charge in [-0.15, -0.1) is 0 Å². The minimum atomic E-state index is 0.917. The van der Waals surface area contributed by atoms with Gasteiger partial charge in [0.2, 0.25) is 0 Å². The molecule has 3 nitrogen and oxygen atoms in total. The van der Waals surface area contributed by atoms with Crippen molar-refractivity contribution < 1.29 is 0 Å². The zero-order chi connectivity index (χ0) is 3.58. The Balaban J connectivity index is 2.32. The normalized spacial score (nSPS) is 9.00. The molecule has 0 aliphatic heterocycles. The standard InChI is InChI=1S/H6N3P/c1-3(2)4/h1-2,4H2. The van der Waals surface area contributed by atoms with E-state index < -0.39 is 0 Å². The molecule has 0 bridgehead atoms. The van der Waals surface area contributed by atoms with Crippen molar-refractivity contribution >= 4 is 9.39 Å². The zero-order valence-corrected chi connectivity index (χ0v) is 3.33. The van der Waals surface area contributed by atoms with E-state index in [4.69, 9.17) is 0 Å². The van der Waals surface area contributed by atoms with Gasteiger partial charge in [0.25, 0.3) is 0 Å². The van der Waals surface area contributed by atoms with Crippen molar-refractivity contribution in [3.05, 3.63) is 0 Å². The van der Waals surface area contributed by atoms with Crippen molar-refractivity contribution in [3.8, 4) is 0 Å². The molecule has 0 fully saturated rings. The van der Waals surface area contributed by atoms with Gasteiger partial charge in [0.05, 0.1) is 0 Å². The maximum atomic E-state index is 4.69. The third-order valence-electron chi connectivity index (χ3n) is 0. The summed E-state index contributed by atoms with van der Waals surface area (Å²) in [4.78, 5) is 0.917. The summed E-state index contributed by atoms with van der Waals surface area (Å²) in [5.41, 5.74) is 0.